The number of ether oxygens (including phenoxy) is 1. The minimum absolute atomic E-state index is 0.159. The Labute approximate surface area is 114 Å². The van der Waals surface area contributed by atoms with Gasteiger partial charge in [-0.1, -0.05) is 0 Å². The predicted molar refractivity (Wildman–Crippen MR) is 73.3 cm³/mol. The Morgan fingerprint density at radius 1 is 1.28 bits per heavy atom. The van der Waals surface area contributed by atoms with Crippen LogP contribution in [0.3, 0.4) is 0 Å². The first kappa shape index (κ1) is 13.0. The lowest BCUT2D eigenvalue weighted by molar-refractivity contribution is 0.416. The Kier molecular flexibility index (Phi) is 3.34. The number of aryl methyl sites for hydroxylation is 3. The molecule has 2 rings (SSSR count). The highest BCUT2D eigenvalue weighted by molar-refractivity contribution is 9.10. The molecule has 0 radical (unpaired) electrons. The molecule has 0 amide bonds. The molecule has 0 saturated heterocycles. The molecular weight excluding hydrogens is 296 g/mol. The van der Waals surface area contributed by atoms with Crippen molar-refractivity contribution in [1.82, 2.24) is 9.78 Å². The largest absolute Gasteiger partial charge is 0.507 e. The highest BCUT2D eigenvalue weighted by Gasteiger charge is 2.13. The van der Waals surface area contributed by atoms with Crippen molar-refractivity contribution in [3.05, 3.63) is 33.4 Å². The molecule has 0 atom stereocenters. The van der Waals surface area contributed by atoms with Crippen molar-refractivity contribution in [2.24, 2.45) is 7.05 Å². The van der Waals surface area contributed by atoms with Crippen molar-refractivity contribution in [3.63, 3.8) is 0 Å². The molecule has 0 fully saturated rings. The van der Waals surface area contributed by atoms with Crippen molar-refractivity contribution in [2.75, 3.05) is 0 Å². The van der Waals surface area contributed by atoms with E-state index in [9.17, 15) is 5.11 Å². The molecule has 0 saturated carbocycles. The molecule has 18 heavy (non-hydrogen) atoms. The summed E-state index contributed by atoms with van der Waals surface area (Å²) in [5.74, 6) is 1.48. The second kappa shape index (κ2) is 4.65. The van der Waals surface area contributed by atoms with E-state index in [1.807, 2.05) is 33.9 Å². The van der Waals surface area contributed by atoms with Crippen molar-refractivity contribution in [3.8, 4) is 17.4 Å². The topological polar surface area (TPSA) is 47.3 Å². The molecule has 0 aliphatic carbocycles. The fourth-order valence-corrected chi connectivity index (χ4v) is 2.20. The molecular formula is C13H15BrN2O2. The molecule has 1 heterocycles. The van der Waals surface area contributed by atoms with Gasteiger partial charge in [-0.25, -0.2) is 4.68 Å². The molecule has 2 aromatic rings. The number of rotatable bonds is 2. The second-order valence-corrected chi connectivity index (χ2v) is 5.16. The summed E-state index contributed by atoms with van der Waals surface area (Å²) in [5, 5.41) is 14.0. The van der Waals surface area contributed by atoms with Crippen LogP contribution >= 0.6 is 15.9 Å². The fourth-order valence-electron chi connectivity index (χ4n) is 1.74. The van der Waals surface area contributed by atoms with Gasteiger partial charge in [0.1, 0.15) is 11.5 Å². The summed E-state index contributed by atoms with van der Waals surface area (Å²) in [5.41, 5.74) is 2.88. The molecule has 0 unspecified atom stereocenters. The first-order chi connectivity index (χ1) is 8.40. The van der Waals surface area contributed by atoms with Crippen LogP contribution < -0.4 is 4.74 Å². The van der Waals surface area contributed by atoms with Crippen LogP contribution in [0.1, 0.15) is 16.8 Å². The van der Waals surface area contributed by atoms with E-state index in [0.717, 1.165) is 16.8 Å². The SMILES string of the molecule is Cc1cc(Br)c(O)cc1Oc1c(C)c(C)nn1C. The molecule has 0 bridgehead atoms. The third-order valence-electron chi connectivity index (χ3n) is 2.91. The highest BCUT2D eigenvalue weighted by Crippen LogP contribution is 2.35. The quantitative estimate of drug-likeness (QED) is 0.921. The molecule has 1 N–H and O–H groups in total. The zero-order valence-corrected chi connectivity index (χ0v) is 12.4. The first-order valence-corrected chi connectivity index (χ1v) is 6.36. The van der Waals surface area contributed by atoms with E-state index in [0.29, 0.717) is 16.1 Å². The van der Waals surface area contributed by atoms with E-state index in [4.69, 9.17) is 4.74 Å². The van der Waals surface area contributed by atoms with Gasteiger partial charge in [0.2, 0.25) is 5.88 Å². The minimum atomic E-state index is 0.159. The van der Waals surface area contributed by atoms with Crippen molar-refractivity contribution in [2.45, 2.75) is 20.8 Å². The van der Waals surface area contributed by atoms with Crippen molar-refractivity contribution >= 4 is 15.9 Å². The number of nitrogens with zero attached hydrogens (tertiary/aromatic N) is 2. The van der Waals surface area contributed by atoms with E-state index < -0.39 is 0 Å². The van der Waals surface area contributed by atoms with Crippen LogP contribution in [-0.2, 0) is 7.05 Å². The van der Waals surface area contributed by atoms with Gasteiger partial charge in [0.15, 0.2) is 0 Å². The number of hydrogen-bond acceptors (Lipinski definition) is 3. The summed E-state index contributed by atoms with van der Waals surface area (Å²) in [6.45, 7) is 5.83. The number of benzene rings is 1. The van der Waals surface area contributed by atoms with Crippen molar-refractivity contribution < 1.29 is 9.84 Å². The van der Waals surface area contributed by atoms with Gasteiger partial charge in [-0.15, -0.1) is 0 Å². The lowest BCUT2D eigenvalue weighted by atomic mass is 10.2. The number of phenols is 1. The number of phenolic OH excluding ortho intramolecular Hbond substituents is 1. The maximum Gasteiger partial charge on any atom is 0.220 e. The number of aromatic hydroxyl groups is 1. The Balaban J connectivity index is 2.43. The van der Waals surface area contributed by atoms with Gasteiger partial charge >= 0.3 is 0 Å². The number of halogens is 1. The normalized spacial score (nSPS) is 10.7. The molecule has 96 valence electrons. The second-order valence-electron chi connectivity index (χ2n) is 4.31. The van der Waals surface area contributed by atoms with E-state index in [2.05, 4.69) is 21.0 Å². The van der Waals surface area contributed by atoms with Gasteiger partial charge in [-0.2, -0.15) is 5.10 Å². The van der Waals surface area contributed by atoms with E-state index >= 15 is 0 Å². The van der Waals surface area contributed by atoms with Crippen LogP contribution in [0, 0.1) is 20.8 Å². The van der Waals surface area contributed by atoms with Crippen LogP contribution in [0.4, 0.5) is 0 Å². The number of aromatic nitrogens is 2. The van der Waals surface area contributed by atoms with Crippen LogP contribution in [0.2, 0.25) is 0 Å². The van der Waals surface area contributed by atoms with Gasteiger partial charge in [0, 0.05) is 18.7 Å². The fraction of sp³-hybridized carbons (Fsp3) is 0.308. The average molecular weight is 311 g/mol. The number of hydrogen-bond donors (Lipinski definition) is 1. The first-order valence-electron chi connectivity index (χ1n) is 5.57. The monoisotopic (exact) mass is 310 g/mol. The van der Waals surface area contributed by atoms with Gasteiger partial charge in [0.05, 0.1) is 10.2 Å². The van der Waals surface area contributed by atoms with Crippen LogP contribution in [0.5, 0.6) is 17.4 Å². The molecule has 4 nitrogen and oxygen atoms in total. The predicted octanol–water partition coefficient (Wildman–Crippen LogP) is 3.61. The molecule has 5 heteroatoms. The van der Waals surface area contributed by atoms with E-state index in [1.54, 1.807) is 10.7 Å². The maximum atomic E-state index is 9.70. The summed E-state index contributed by atoms with van der Waals surface area (Å²) < 4.78 is 8.20. The van der Waals surface area contributed by atoms with Crippen LogP contribution in [0.15, 0.2) is 16.6 Å². The average Bonchev–Trinajstić information content (AvgIpc) is 2.52. The third-order valence-corrected chi connectivity index (χ3v) is 3.54. The standard InChI is InChI=1S/C13H15BrN2O2/c1-7-5-10(14)11(17)6-12(7)18-13-8(2)9(3)15-16(13)4/h5-6,17H,1-4H3. The minimum Gasteiger partial charge on any atom is -0.507 e. The van der Waals surface area contributed by atoms with E-state index in [1.165, 1.54) is 0 Å². The van der Waals surface area contributed by atoms with Gasteiger partial charge in [-0.3, -0.25) is 0 Å². The van der Waals surface area contributed by atoms with Gasteiger partial charge < -0.3 is 9.84 Å². The summed E-state index contributed by atoms with van der Waals surface area (Å²) in [6.07, 6.45) is 0. The van der Waals surface area contributed by atoms with Gasteiger partial charge in [-0.05, 0) is 48.3 Å². The Bertz CT molecular complexity index is 606. The Hall–Kier alpha value is -1.49. The molecule has 1 aromatic carbocycles. The summed E-state index contributed by atoms with van der Waals surface area (Å²) in [4.78, 5) is 0. The summed E-state index contributed by atoms with van der Waals surface area (Å²) in [6, 6.07) is 3.42. The maximum absolute atomic E-state index is 9.70. The lowest BCUT2D eigenvalue weighted by Gasteiger charge is -2.11. The molecule has 0 aliphatic heterocycles. The van der Waals surface area contributed by atoms with Crippen molar-refractivity contribution in [1.29, 1.82) is 0 Å². The molecule has 0 aliphatic rings. The van der Waals surface area contributed by atoms with Gasteiger partial charge in [0.25, 0.3) is 0 Å². The zero-order chi connectivity index (χ0) is 13.4. The van der Waals surface area contributed by atoms with E-state index in [-0.39, 0.29) is 5.75 Å². The third kappa shape index (κ3) is 2.22. The molecule has 1 aromatic heterocycles. The molecule has 0 spiro atoms. The van der Waals surface area contributed by atoms with Crippen LogP contribution in [-0.4, -0.2) is 14.9 Å². The summed E-state index contributed by atoms with van der Waals surface area (Å²) in [7, 11) is 1.84. The Morgan fingerprint density at radius 3 is 2.50 bits per heavy atom. The smallest absolute Gasteiger partial charge is 0.220 e. The highest BCUT2D eigenvalue weighted by atomic mass is 79.9. The summed E-state index contributed by atoms with van der Waals surface area (Å²) >= 11 is 3.28. The lowest BCUT2D eigenvalue weighted by Crippen LogP contribution is -1.97. The Morgan fingerprint density at radius 2 is 1.94 bits per heavy atom. The van der Waals surface area contributed by atoms with Crippen LogP contribution in [0.25, 0.3) is 0 Å². The zero-order valence-electron chi connectivity index (χ0n) is 10.8.